The first-order chi connectivity index (χ1) is 18.1. The van der Waals surface area contributed by atoms with E-state index in [1.54, 1.807) is 20.8 Å². The van der Waals surface area contributed by atoms with Crippen molar-refractivity contribution < 1.29 is 38.2 Å². The molecule has 0 radical (unpaired) electrons. The second-order valence-corrected chi connectivity index (χ2v) is 11.9. The molecule has 0 heterocycles. The molecule has 0 aromatic carbocycles. The Hall–Kier alpha value is -3.02. The van der Waals surface area contributed by atoms with E-state index in [1.807, 2.05) is 26.8 Å². The minimum absolute atomic E-state index is 0.0888. The SMILES string of the molecule is C=CC(C)(CCC=C(C)C)SC[C@H](NC(=O)CC[C@H](NC(=O)OC(C)(C)C)C(=O)OC)C(=O)NCC(=O)OC. The average molecular weight is 572 g/mol. The van der Waals surface area contributed by atoms with Gasteiger partial charge in [-0.3, -0.25) is 14.4 Å². The van der Waals surface area contributed by atoms with Crippen LogP contribution in [0.2, 0.25) is 0 Å². The number of alkyl carbamates (subject to hydrolysis) is 1. The number of carbonyl (C=O) groups excluding carboxylic acids is 5. The van der Waals surface area contributed by atoms with Crippen molar-refractivity contribution in [3.63, 3.8) is 0 Å². The maximum absolute atomic E-state index is 12.8. The topological polar surface area (TPSA) is 149 Å². The van der Waals surface area contributed by atoms with Crippen LogP contribution >= 0.6 is 11.8 Å². The van der Waals surface area contributed by atoms with E-state index in [2.05, 4.69) is 33.3 Å². The number of rotatable bonds is 16. The molecule has 0 spiro atoms. The van der Waals surface area contributed by atoms with Gasteiger partial charge < -0.3 is 30.2 Å². The lowest BCUT2D eigenvalue weighted by atomic mass is 10.0. The molecular formula is C27H45N3O8S. The third kappa shape index (κ3) is 16.5. The van der Waals surface area contributed by atoms with Crippen molar-refractivity contribution in [2.45, 2.75) is 89.7 Å². The van der Waals surface area contributed by atoms with Gasteiger partial charge in [-0.05, 0) is 60.8 Å². The van der Waals surface area contributed by atoms with Gasteiger partial charge >= 0.3 is 18.0 Å². The van der Waals surface area contributed by atoms with Gasteiger partial charge in [0.25, 0.3) is 0 Å². The average Bonchev–Trinajstić information content (AvgIpc) is 2.85. The fourth-order valence-electron chi connectivity index (χ4n) is 3.07. The zero-order chi connectivity index (χ0) is 30.2. The molecule has 0 fully saturated rings. The molecule has 12 heteroatoms. The van der Waals surface area contributed by atoms with Crippen molar-refractivity contribution in [3.8, 4) is 0 Å². The van der Waals surface area contributed by atoms with Crippen LogP contribution in [0.5, 0.6) is 0 Å². The smallest absolute Gasteiger partial charge is 0.408 e. The van der Waals surface area contributed by atoms with Gasteiger partial charge in [0, 0.05) is 16.9 Å². The lowest BCUT2D eigenvalue weighted by Gasteiger charge is -2.27. The second kappa shape index (κ2) is 17.5. The van der Waals surface area contributed by atoms with Crippen LogP contribution in [0, 0.1) is 0 Å². The van der Waals surface area contributed by atoms with E-state index in [9.17, 15) is 24.0 Å². The molecule has 1 unspecified atom stereocenters. The fraction of sp³-hybridized carbons (Fsp3) is 0.667. The highest BCUT2D eigenvalue weighted by molar-refractivity contribution is 8.00. The van der Waals surface area contributed by atoms with Crippen molar-refractivity contribution >= 4 is 41.6 Å². The molecule has 0 aliphatic heterocycles. The Balaban J connectivity index is 5.42. The Morgan fingerprint density at radius 1 is 0.974 bits per heavy atom. The van der Waals surface area contributed by atoms with Crippen molar-refractivity contribution in [1.29, 1.82) is 0 Å². The van der Waals surface area contributed by atoms with Crippen LogP contribution in [0.25, 0.3) is 0 Å². The number of thioether (sulfide) groups is 1. The summed E-state index contributed by atoms with van der Waals surface area (Å²) >= 11 is 1.45. The molecule has 0 saturated carbocycles. The number of ether oxygens (including phenoxy) is 3. The summed E-state index contributed by atoms with van der Waals surface area (Å²) in [7, 11) is 2.37. The maximum Gasteiger partial charge on any atom is 0.408 e. The molecule has 3 amide bonds. The summed E-state index contributed by atoms with van der Waals surface area (Å²) in [6.07, 6.45) is 4.41. The molecule has 0 aromatic heterocycles. The monoisotopic (exact) mass is 571 g/mol. The predicted molar refractivity (Wildman–Crippen MR) is 151 cm³/mol. The van der Waals surface area contributed by atoms with E-state index in [4.69, 9.17) is 9.47 Å². The molecule has 222 valence electrons. The molecular weight excluding hydrogens is 526 g/mol. The van der Waals surface area contributed by atoms with Gasteiger partial charge in [0.1, 0.15) is 24.2 Å². The molecule has 11 nitrogen and oxygen atoms in total. The molecule has 0 aliphatic carbocycles. The van der Waals surface area contributed by atoms with Crippen LogP contribution in [0.1, 0.15) is 67.2 Å². The summed E-state index contributed by atoms with van der Waals surface area (Å²) in [6, 6.07) is -2.11. The number of allylic oxidation sites excluding steroid dienone is 2. The van der Waals surface area contributed by atoms with Gasteiger partial charge in [-0.2, -0.15) is 0 Å². The van der Waals surface area contributed by atoms with Gasteiger partial charge in [0.15, 0.2) is 0 Å². The zero-order valence-electron chi connectivity index (χ0n) is 24.4. The van der Waals surface area contributed by atoms with Crippen molar-refractivity contribution in [2.75, 3.05) is 26.5 Å². The van der Waals surface area contributed by atoms with Gasteiger partial charge in [0.05, 0.1) is 14.2 Å². The van der Waals surface area contributed by atoms with Crippen LogP contribution < -0.4 is 16.0 Å². The number of esters is 2. The lowest BCUT2D eigenvalue weighted by molar-refractivity contribution is -0.143. The Bertz CT molecular complexity index is 896. The third-order valence-electron chi connectivity index (χ3n) is 5.33. The number of hydrogen-bond donors (Lipinski definition) is 3. The first-order valence-corrected chi connectivity index (χ1v) is 13.7. The van der Waals surface area contributed by atoms with Crippen molar-refractivity contribution in [3.05, 3.63) is 24.3 Å². The molecule has 39 heavy (non-hydrogen) atoms. The Kier molecular flexibility index (Phi) is 16.2. The minimum Gasteiger partial charge on any atom is -0.468 e. The number of hydrogen-bond acceptors (Lipinski definition) is 9. The summed E-state index contributed by atoms with van der Waals surface area (Å²) < 4.78 is 14.1. The van der Waals surface area contributed by atoms with Gasteiger partial charge in [-0.25, -0.2) is 9.59 Å². The van der Waals surface area contributed by atoms with E-state index in [1.165, 1.54) is 31.6 Å². The molecule has 3 atom stereocenters. The highest BCUT2D eigenvalue weighted by Crippen LogP contribution is 2.32. The van der Waals surface area contributed by atoms with Crippen molar-refractivity contribution in [1.82, 2.24) is 16.0 Å². The van der Waals surface area contributed by atoms with Gasteiger partial charge in [-0.15, -0.1) is 18.3 Å². The Morgan fingerprint density at radius 3 is 2.13 bits per heavy atom. The molecule has 3 N–H and O–H groups in total. The van der Waals surface area contributed by atoms with Gasteiger partial charge in [-0.1, -0.05) is 17.7 Å². The quantitative estimate of drug-likeness (QED) is 0.144. The van der Waals surface area contributed by atoms with E-state index >= 15 is 0 Å². The zero-order valence-corrected chi connectivity index (χ0v) is 25.2. The molecule has 0 bridgehead atoms. The Labute approximate surface area is 236 Å². The predicted octanol–water partition coefficient (Wildman–Crippen LogP) is 3.03. The lowest BCUT2D eigenvalue weighted by Crippen LogP contribution is -2.50. The molecule has 0 aliphatic rings. The molecule has 0 aromatic rings. The summed E-state index contributed by atoms with van der Waals surface area (Å²) in [4.78, 5) is 61.4. The summed E-state index contributed by atoms with van der Waals surface area (Å²) in [5.41, 5.74) is 0.418. The van der Waals surface area contributed by atoms with Crippen LogP contribution in [0.4, 0.5) is 4.79 Å². The third-order valence-corrected chi connectivity index (χ3v) is 6.86. The fourth-order valence-corrected chi connectivity index (χ4v) is 4.24. The summed E-state index contributed by atoms with van der Waals surface area (Å²) in [6.45, 7) is 14.6. The Morgan fingerprint density at radius 2 is 1.62 bits per heavy atom. The van der Waals surface area contributed by atoms with Crippen LogP contribution in [-0.4, -0.2) is 78.8 Å². The van der Waals surface area contributed by atoms with E-state index < -0.39 is 47.5 Å². The molecule has 0 saturated heterocycles. The van der Waals surface area contributed by atoms with Crippen molar-refractivity contribution in [2.24, 2.45) is 0 Å². The highest BCUT2D eigenvalue weighted by atomic mass is 32.2. The number of nitrogens with one attached hydrogen (secondary N) is 3. The number of carbonyl (C=O) groups is 5. The van der Waals surface area contributed by atoms with Crippen LogP contribution in [0.3, 0.4) is 0 Å². The minimum atomic E-state index is -1.13. The second-order valence-electron chi connectivity index (χ2n) is 10.3. The standard InChI is InChI=1S/C27H45N3O8S/c1-10-27(7,15-11-12-18(2)3)39-17-20(23(33)28-16-22(32)36-8)29-21(31)14-13-19(24(34)37-9)30-25(35)38-26(4,5)6/h10,12,19-20H,1,11,13-17H2,2-9H3,(H,28,33)(H,29,31)(H,30,35)/t19-,20-,27?/m0/s1. The van der Waals surface area contributed by atoms with Crippen LogP contribution in [-0.2, 0) is 33.4 Å². The summed E-state index contributed by atoms with van der Waals surface area (Å²) in [5.74, 6) is -2.26. The van der Waals surface area contributed by atoms with Crippen LogP contribution in [0.15, 0.2) is 24.3 Å². The number of methoxy groups -OCH3 is 2. The van der Waals surface area contributed by atoms with E-state index in [0.717, 1.165) is 12.8 Å². The summed E-state index contributed by atoms with van der Waals surface area (Å²) in [5, 5.41) is 7.54. The maximum atomic E-state index is 12.8. The first kappa shape index (κ1) is 36.0. The normalized spacial score (nSPS) is 13.9. The van der Waals surface area contributed by atoms with E-state index in [-0.39, 0.29) is 29.9 Å². The van der Waals surface area contributed by atoms with Gasteiger partial charge in [0.2, 0.25) is 11.8 Å². The van der Waals surface area contributed by atoms with E-state index in [0.29, 0.717) is 0 Å². The first-order valence-electron chi connectivity index (χ1n) is 12.7. The number of amides is 3. The largest absolute Gasteiger partial charge is 0.468 e. The molecule has 0 rings (SSSR count). The highest BCUT2D eigenvalue weighted by Gasteiger charge is 2.29.